The highest BCUT2D eigenvalue weighted by atomic mass is 19.2. The number of halogens is 3. The molecule has 0 heterocycles. The zero-order chi connectivity index (χ0) is 11.4. The van der Waals surface area contributed by atoms with Crippen LogP contribution in [0.3, 0.4) is 0 Å². The predicted octanol–water partition coefficient (Wildman–Crippen LogP) is 4.08. The van der Waals surface area contributed by atoms with Crippen LogP contribution in [0.2, 0.25) is 0 Å². The van der Waals surface area contributed by atoms with E-state index < -0.39 is 17.5 Å². The maximum Gasteiger partial charge on any atom is 0.194 e. The Morgan fingerprint density at radius 3 is 2.13 bits per heavy atom. The van der Waals surface area contributed by atoms with Crippen molar-refractivity contribution in [3.05, 3.63) is 35.1 Å². The van der Waals surface area contributed by atoms with Gasteiger partial charge in [-0.25, -0.2) is 13.2 Å². The van der Waals surface area contributed by atoms with Crippen LogP contribution in [0.1, 0.15) is 32.3 Å². The molecule has 3 heteroatoms. The average molecular weight is 216 g/mol. The van der Waals surface area contributed by atoms with E-state index >= 15 is 0 Å². The molecule has 1 atom stereocenters. The lowest BCUT2D eigenvalue weighted by atomic mass is 9.97. The van der Waals surface area contributed by atoms with E-state index in [4.69, 9.17) is 0 Å². The van der Waals surface area contributed by atoms with Gasteiger partial charge < -0.3 is 0 Å². The molecular weight excluding hydrogens is 201 g/mol. The Hall–Kier alpha value is -0.990. The Balaban J connectivity index is 2.78. The van der Waals surface area contributed by atoms with Gasteiger partial charge in [0.2, 0.25) is 0 Å². The van der Waals surface area contributed by atoms with Crippen LogP contribution in [0.25, 0.3) is 0 Å². The lowest BCUT2D eigenvalue weighted by Crippen LogP contribution is -2.02. The van der Waals surface area contributed by atoms with Crippen molar-refractivity contribution in [1.82, 2.24) is 0 Å². The maximum absolute atomic E-state index is 12.9. The molecule has 0 aliphatic heterocycles. The number of benzene rings is 1. The molecule has 0 amide bonds. The summed E-state index contributed by atoms with van der Waals surface area (Å²) in [6.45, 7) is 4.07. The van der Waals surface area contributed by atoms with Gasteiger partial charge in [-0.1, -0.05) is 26.7 Å². The summed E-state index contributed by atoms with van der Waals surface area (Å²) in [5.41, 5.74) is 0.521. The average Bonchev–Trinajstić information content (AvgIpc) is 2.14. The number of rotatable bonds is 4. The third-order valence-corrected chi connectivity index (χ3v) is 2.41. The van der Waals surface area contributed by atoms with Crippen LogP contribution in [0, 0.1) is 23.4 Å². The van der Waals surface area contributed by atoms with Crippen molar-refractivity contribution in [2.75, 3.05) is 0 Å². The first-order chi connectivity index (χ1) is 7.04. The summed E-state index contributed by atoms with van der Waals surface area (Å²) < 4.78 is 38.4. The summed E-state index contributed by atoms with van der Waals surface area (Å²) in [5.74, 6) is -3.23. The van der Waals surface area contributed by atoms with Crippen LogP contribution >= 0.6 is 0 Å². The quantitative estimate of drug-likeness (QED) is 0.665. The summed E-state index contributed by atoms with van der Waals surface area (Å²) in [5, 5.41) is 0. The molecule has 1 aromatic carbocycles. The molecule has 0 nitrogen and oxygen atoms in total. The Bertz CT molecular complexity index is 311. The zero-order valence-electron chi connectivity index (χ0n) is 8.99. The van der Waals surface area contributed by atoms with Crippen molar-refractivity contribution in [2.45, 2.75) is 33.1 Å². The molecule has 0 bridgehead atoms. The Morgan fingerprint density at radius 1 is 1.13 bits per heavy atom. The van der Waals surface area contributed by atoms with Crippen LogP contribution in [0.15, 0.2) is 12.1 Å². The van der Waals surface area contributed by atoms with E-state index in [9.17, 15) is 13.2 Å². The first kappa shape index (κ1) is 12.1. The molecule has 0 saturated heterocycles. The van der Waals surface area contributed by atoms with E-state index in [1.54, 1.807) is 0 Å². The molecule has 15 heavy (non-hydrogen) atoms. The first-order valence-electron chi connectivity index (χ1n) is 5.18. The van der Waals surface area contributed by atoms with Crippen LogP contribution in [0.5, 0.6) is 0 Å². The summed E-state index contributed by atoms with van der Waals surface area (Å²) in [6.07, 6.45) is 2.62. The predicted molar refractivity (Wildman–Crippen MR) is 54.1 cm³/mol. The molecule has 1 aromatic rings. The summed E-state index contributed by atoms with van der Waals surface area (Å²) >= 11 is 0. The second-order valence-corrected chi connectivity index (χ2v) is 3.97. The van der Waals surface area contributed by atoms with Crippen molar-refractivity contribution in [2.24, 2.45) is 5.92 Å². The van der Waals surface area contributed by atoms with Crippen molar-refractivity contribution in [3.63, 3.8) is 0 Å². The molecule has 0 radical (unpaired) electrons. The second-order valence-electron chi connectivity index (χ2n) is 3.97. The molecule has 84 valence electrons. The summed E-state index contributed by atoms with van der Waals surface area (Å²) in [4.78, 5) is 0. The van der Waals surface area contributed by atoms with Gasteiger partial charge in [-0.2, -0.15) is 0 Å². The lowest BCUT2D eigenvalue weighted by molar-refractivity contribution is 0.441. The third kappa shape index (κ3) is 3.26. The molecule has 0 aliphatic rings. The SMILES string of the molecule is CCCC(C)Cc1cc(F)c(F)c(F)c1. The van der Waals surface area contributed by atoms with Gasteiger partial charge in [0.1, 0.15) is 0 Å². The van der Waals surface area contributed by atoms with Crippen LogP contribution in [0.4, 0.5) is 13.2 Å². The second kappa shape index (κ2) is 5.19. The summed E-state index contributed by atoms with van der Waals surface area (Å²) in [6, 6.07) is 2.15. The van der Waals surface area contributed by atoms with Crippen LogP contribution < -0.4 is 0 Å². The van der Waals surface area contributed by atoms with Gasteiger partial charge in [-0.05, 0) is 30.0 Å². The minimum Gasteiger partial charge on any atom is -0.204 e. The third-order valence-electron chi connectivity index (χ3n) is 2.41. The van der Waals surface area contributed by atoms with E-state index in [0.29, 0.717) is 17.9 Å². The van der Waals surface area contributed by atoms with E-state index in [2.05, 4.69) is 6.92 Å². The fourth-order valence-electron chi connectivity index (χ4n) is 1.72. The highest BCUT2D eigenvalue weighted by molar-refractivity contribution is 5.19. The minimum atomic E-state index is -1.39. The molecule has 0 aromatic heterocycles. The van der Waals surface area contributed by atoms with Crippen molar-refractivity contribution < 1.29 is 13.2 Å². The van der Waals surface area contributed by atoms with Gasteiger partial charge in [-0.3, -0.25) is 0 Å². The molecule has 1 unspecified atom stereocenters. The molecular formula is C12H15F3. The van der Waals surface area contributed by atoms with Gasteiger partial charge in [0, 0.05) is 0 Å². The Labute approximate surface area is 88.1 Å². The Morgan fingerprint density at radius 2 is 1.67 bits per heavy atom. The van der Waals surface area contributed by atoms with Gasteiger partial charge in [-0.15, -0.1) is 0 Å². The van der Waals surface area contributed by atoms with Crippen molar-refractivity contribution in [1.29, 1.82) is 0 Å². The summed E-state index contributed by atoms with van der Waals surface area (Å²) in [7, 11) is 0. The van der Waals surface area contributed by atoms with Gasteiger partial charge in [0.15, 0.2) is 17.5 Å². The molecule has 0 spiro atoms. The highest BCUT2D eigenvalue weighted by Gasteiger charge is 2.11. The molecule has 0 fully saturated rings. The highest BCUT2D eigenvalue weighted by Crippen LogP contribution is 2.18. The van der Waals surface area contributed by atoms with E-state index in [1.165, 1.54) is 0 Å². The van der Waals surface area contributed by atoms with E-state index in [0.717, 1.165) is 25.0 Å². The Kier molecular flexibility index (Phi) is 4.18. The molecule has 0 saturated carbocycles. The normalized spacial score (nSPS) is 12.9. The van der Waals surface area contributed by atoms with Gasteiger partial charge >= 0.3 is 0 Å². The lowest BCUT2D eigenvalue weighted by Gasteiger charge is -2.10. The van der Waals surface area contributed by atoms with Crippen LogP contribution in [-0.2, 0) is 6.42 Å². The number of hydrogen-bond donors (Lipinski definition) is 0. The van der Waals surface area contributed by atoms with Crippen molar-refractivity contribution >= 4 is 0 Å². The minimum absolute atomic E-state index is 0.360. The molecule has 0 aliphatic carbocycles. The largest absolute Gasteiger partial charge is 0.204 e. The van der Waals surface area contributed by atoms with Crippen LogP contribution in [-0.4, -0.2) is 0 Å². The standard InChI is InChI=1S/C12H15F3/c1-3-4-8(2)5-9-6-10(13)12(15)11(14)7-9/h6-8H,3-5H2,1-2H3. The molecule has 1 rings (SSSR count). The zero-order valence-corrected chi connectivity index (χ0v) is 8.99. The fraction of sp³-hybridized carbons (Fsp3) is 0.500. The first-order valence-corrected chi connectivity index (χ1v) is 5.18. The number of hydrogen-bond acceptors (Lipinski definition) is 0. The topological polar surface area (TPSA) is 0 Å². The fourth-order valence-corrected chi connectivity index (χ4v) is 1.72. The van der Waals surface area contributed by atoms with Gasteiger partial charge in [0.05, 0.1) is 0 Å². The molecule has 0 N–H and O–H groups in total. The maximum atomic E-state index is 12.9. The van der Waals surface area contributed by atoms with E-state index in [-0.39, 0.29) is 0 Å². The van der Waals surface area contributed by atoms with Gasteiger partial charge in [0.25, 0.3) is 0 Å². The van der Waals surface area contributed by atoms with E-state index in [1.807, 2.05) is 6.92 Å². The van der Waals surface area contributed by atoms with Crippen molar-refractivity contribution in [3.8, 4) is 0 Å². The smallest absolute Gasteiger partial charge is 0.194 e. The monoisotopic (exact) mass is 216 g/mol.